The van der Waals surface area contributed by atoms with E-state index >= 15 is 0 Å². The predicted molar refractivity (Wildman–Crippen MR) is 64.9 cm³/mol. The molecule has 3 nitrogen and oxygen atoms in total. The molecule has 0 fully saturated rings. The summed E-state index contributed by atoms with van der Waals surface area (Å²) in [6, 6.07) is 3.63. The van der Waals surface area contributed by atoms with Gasteiger partial charge in [0.05, 0.1) is 10.1 Å². The van der Waals surface area contributed by atoms with Gasteiger partial charge in [0.25, 0.3) is 0 Å². The van der Waals surface area contributed by atoms with Crippen molar-refractivity contribution in [3.8, 4) is 0 Å². The molecule has 0 spiro atoms. The molecule has 0 saturated carbocycles. The van der Waals surface area contributed by atoms with E-state index < -0.39 is 10.0 Å². The second-order valence-corrected chi connectivity index (χ2v) is 7.27. The first kappa shape index (κ1) is 13.0. The molecule has 0 aliphatic rings. The van der Waals surface area contributed by atoms with Gasteiger partial charge >= 0.3 is 0 Å². The van der Waals surface area contributed by atoms with Crippen molar-refractivity contribution in [1.29, 1.82) is 0 Å². The third-order valence-electron chi connectivity index (χ3n) is 1.94. The van der Waals surface area contributed by atoms with Gasteiger partial charge in [0, 0.05) is 18.5 Å². The summed E-state index contributed by atoms with van der Waals surface area (Å²) in [7, 11) is -1.51. The number of sulfonamides is 1. The lowest BCUT2D eigenvalue weighted by molar-refractivity contribution is 0.469. The Labute approximate surface area is 99.7 Å². The Morgan fingerprint density at radius 2 is 2.13 bits per heavy atom. The molecule has 1 heterocycles. The Hall–Kier alpha value is -0.100. The minimum Gasteiger partial charge on any atom is -0.212 e. The van der Waals surface area contributed by atoms with Gasteiger partial charge in [0.15, 0.2) is 0 Å². The molecule has 0 saturated heterocycles. The molecule has 0 bridgehead atoms. The standard InChI is InChI=1S/C9H14ClNO2S2/c1-3-6-15(12,13)11(2)7-8-4-5-9(10)14-8/h4-5H,3,6-7H2,1-2H3. The average molecular weight is 268 g/mol. The van der Waals surface area contributed by atoms with Crippen LogP contribution in [0.5, 0.6) is 0 Å². The van der Waals surface area contributed by atoms with Gasteiger partial charge in [-0.1, -0.05) is 18.5 Å². The normalized spacial score (nSPS) is 12.3. The molecular formula is C9H14ClNO2S2. The number of rotatable bonds is 5. The maximum absolute atomic E-state index is 11.6. The molecule has 1 rings (SSSR count). The smallest absolute Gasteiger partial charge is 0.212 e. The monoisotopic (exact) mass is 267 g/mol. The van der Waals surface area contributed by atoms with Crippen molar-refractivity contribution in [2.24, 2.45) is 0 Å². The summed E-state index contributed by atoms with van der Waals surface area (Å²) in [5.74, 6) is 0.197. The van der Waals surface area contributed by atoms with Crippen LogP contribution in [0.3, 0.4) is 0 Å². The summed E-state index contributed by atoms with van der Waals surface area (Å²) < 4.78 is 25.3. The summed E-state index contributed by atoms with van der Waals surface area (Å²) >= 11 is 7.18. The highest BCUT2D eigenvalue weighted by Crippen LogP contribution is 2.23. The van der Waals surface area contributed by atoms with Crippen LogP contribution in [0, 0.1) is 0 Å². The van der Waals surface area contributed by atoms with Crippen molar-refractivity contribution in [1.82, 2.24) is 4.31 Å². The lowest BCUT2D eigenvalue weighted by Crippen LogP contribution is -2.28. The second-order valence-electron chi connectivity index (χ2n) is 3.28. The average Bonchev–Trinajstić information content (AvgIpc) is 2.51. The molecule has 1 aromatic rings. The fourth-order valence-electron chi connectivity index (χ4n) is 1.17. The van der Waals surface area contributed by atoms with Gasteiger partial charge in [-0.25, -0.2) is 8.42 Å². The second kappa shape index (κ2) is 5.30. The van der Waals surface area contributed by atoms with Crippen LogP contribution in [-0.4, -0.2) is 25.5 Å². The molecule has 0 amide bonds. The van der Waals surface area contributed by atoms with Crippen LogP contribution in [0.2, 0.25) is 4.34 Å². The lowest BCUT2D eigenvalue weighted by atomic mass is 10.5. The maximum atomic E-state index is 11.6. The zero-order valence-electron chi connectivity index (χ0n) is 8.73. The number of thiophene rings is 1. The zero-order valence-corrected chi connectivity index (χ0v) is 11.1. The number of halogens is 1. The first-order valence-corrected chi connectivity index (χ1v) is 7.44. The Bertz CT molecular complexity index is 414. The molecule has 0 atom stereocenters. The van der Waals surface area contributed by atoms with Crippen LogP contribution < -0.4 is 0 Å². The number of hydrogen-bond donors (Lipinski definition) is 0. The summed E-state index contributed by atoms with van der Waals surface area (Å²) in [6.45, 7) is 2.26. The van der Waals surface area contributed by atoms with Crippen molar-refractivity contribution >= 4 is 33.0 Å². The topological polar surface area (TPSA) is 37.4 Å². The van der Waals surface area contributed by atoms with E-state index in [0.717, 1.165) is 4.88 Å². The van der Waals surface area contributed by atoms with Crippen LogP contribution in [0.1, 0.15) is 18.2 Å². The Balaban J connectivity index is 2.67. The Morgan fingerprint density at radius 1 is 1.47 bits per heavy atom. The van der Waals surface area contributed by atoms with Crippen molar-refractivity contribution in [3.63, 3.8) is 0 Å². The van der Waals surface area contributed by atoms with Crippen molar-refractivity contribution < 1.29 is 8.42 Å². The molecule has 0 radical (unpaired) electrons. The Morgan fingerprint density at radius 3 is 2.60 bits per heavy atom. The minimum atomic E-state index is -3.10. The van der Waals surface area contributed by atoms with E-state index in [2.05, 4.69) is 0 Å². The first-order chi connectivity index (χ1) is 6.95. The van der Waals surface area contributed by atoms with E-state index in [-0.39, 0.29) is 5.75 Å². The van der Waals surface area contributed by atoms with Gasteiger partial charge in [-0.15, -0.1) is 11.3 Å². The Kier molecular flexibility index (Phi) is 4.58. The minimum absolute atomic E-state index is 0.197. The van der Waals surface area contributed by atoms with Crippen molar-refractivity contribution in [2.75, 3.05) is 12.8 Å². The van der Waals surface area contributed by atoms with Gasteiger partial charge < -0.3 is 0 Å². The number of hydrogen-bond acceptors (Lipinski definition) is 3. The van der Waals surface area contributed by atoms with Gasteiger partial charge in [0.2, 0.25) is 10.0 Å². The highest BCUT2D eigenvalue weighted by molar-refractivity contribution is 7.89. The molecule has 0 aromatic carbocycles. The largest absolute Gasteiger partial charge is 0.214 e. The highest BCUT2D eigenvalue weighted by atomic mass is 35.5. The van der Waals surface area contributed by atoms with E-state index in [4.69, 9.17) is 11.6 Å². The van der Waals surface area contributed by atoms with Gasteiger partial charge in [-0.2, -0.15) is 4.31 Å². The molecule has 0 N–H and O–H groups in total. The van der Waals surface area contributed by atoms with Crippen LogP contribution in [0.25, 0.3) is 0 Å². The van der Waals surface area contributed by atoms with E-state index in [9.17, 15) is 8.42 Å². The third-order valence-corrected chi connectivity index (χ3v) is 5.16. The van der Waals surface area contributed by atoms with E-state index in [1.165, 1.54) is 15.6 Å². The van der Waals surface area contributed by atoms with Gasteiger partial charge in [0.1, 0.15) is 0 Å². The van der Waals surface area contributed by atoms with Crippen LogP contribution in [-0.2, 0) is 16.6 Å². The molecule has 15 heavy (non-hydrogen) atoms. The molecule has 0 aliphatic carbocycles. The first-order valence-electron chi connectivity index (χ1n) is 4.64. The lowest BCUT2D eigenvalue weighted by Gasteiger charge is -2.15. The summed E-state index contributed by atoms with van der Waals surface area (Å²) in [5.41, 5.74) is 0. The molecule has 0 aliphatic heterocycles. The number of nitrogens with zero attached hydrogens (tertiary/aromatic N) is 1. The van der Waals surface area contributed by atoms with E-state index in [1.807, 2.05) is 13.0 Å². The van der Waals surface area contributed by atoms with E-state index in [0.29, 0.717) is 17.3 Å². The molecule has 0 unspecified atom stereocenters. The van der Waals surface area contributed by atoms with Gasteiger partial charge in [-0.05, 0) is 18.6 Å². The molecular weight excluding hydrogens is 254 g/mol. The molecule has 1 aromatic heterocycles. The zero-order chi connectivity index (χ0) is 11.5. The third kappa shape index (κ3) is 3.75. The van der Waals surface area contributed by atoms with Crippen molar-refractivity contribution in [3.05, 3.63) is 21.3 Å². The summed E-state index contributed by atoms with van der Waals surface area (Å²) in [4.78, 5) is 0.960. The predicted octanol–water partition coefficient (Wildman–Crippen LogP) is 2.57. The summed E-state index contributed by atoms with van der Waals surface area (Å²) in [6.07, 6.45) is 0.637. The van der Waals surface area contributed by atoms with Crippen LogP contribution in [0.15, 0.2) is 12.1 Å². The molecule has 86 valence electrons. The molecule has 6 heteroatoms. The van der Waals surface area contributed by atoms with Gasteiger partial charge in [-0.3, -0.25) is 0 Å². The fraction of sp³-hybridized carbons (Fsp3) is 0.556. The highest BCUT2D eigenvalue weighted by Gasteiger charge is 2.17. The summed E-state index contributed by atoms with van der Waals surface area (Å²) in [5, 5.41) is 0. The van der Waals surface area contributed by atoms with Crippen molar-refractivity contribution in [2.45, 2.75) is 19.9 Å². The fourth-order valence-corrected chi connectivity index (χ4v) is 3.55. The maximum Gasteiger partial charge on any atom is 0.214 e. The van der Waals surface area contributed by atoms with Crippen LogP contribution >= 0.6 is 22.9 Å². The van der Waals surface area contributed by atoms with Crippen LogP contribution in [0.4, 0.5) is 0 Å². The van der Waals surface area contributed by atoms with E-state index in [1.54, 1.807) is 13.1 Å². The quantitative estimate of drug-likeness (QED) is 0.822. The SMILES string of the molecule is CCCS(=O)(=O)N(C)Cc1ccc(Cl)s1.